The highest BCUT2D eigenvalue weighted by Crippen LogP contribution is 2.16. The molecule has 0 spiro atoms. The van der Waals surface area contributed by atoms with Crippen LogP contribution in [0.5, 0.6) is 0 Å². The first-order chi connectivity index (χ1) is 8.04. The summed E-state index contributed by atoms with van der Waals surface area (Å²) in [7, 11) is 0. The molecule has 0 radical (unpaired) electrons. The average molecular weight is 270 g/mol. The van der Waals surface area contributed by atoms with Crippen molar-refractivity contribution in [2.24, 2.45) is 5.73 Å². The molecule has 1 aromatic carbocycles. The van der Waals surface area contributed by atoms with E-state index in [1.54, 1.807) is 18.2 Å². The highest BCUT2D eigenvalue weighted by Gasteiger charge is 2.05. The number of amides is 1. The Morgan fingerprint density at radius 1 is 1.50 bits per heavy atom. The van der Waals surface area contributed by atoms with Crippen LogP contribution in [0.3, 0.4) is 0 Å². The fourth-order valence-electron chi connectivity index (χ4n) is 1.37. The third-order valence-electron chi connectivity index (χ3n) is 2.30. The molecular weight excluding hydrogens is 254 g/mol. The number of hydrogen-bond acceptors (Lipinski definition) is 3. The van der Waals surface area contributed by atoms with Gasteiger partial charge < -0.3 is 15.8 Å². The Balaban J connectivity index is 0.00000289. The largest absolute Gasteiger partial charge is 0.384 e. The van der Waals surface area contributed by atoms with Crippen molar-refractivity contribution < 1.29 is 9.59 Å². The number of aryl methyl sites for hydroxylation is 1. The molecule has 0 bridgehead atoms. The van der Waals surface area contributed by atoms with Crippen molar-refractivity contribution in [1.82, 2.24) is 0 Å². The number of nitrogens with one attached hydrogen (secondary N) is 2. The molecule has 0 unspecified atom stereocenters. The number of anilines is 1. The fraction of sp³-hybridized carbons (Fsp3) is 0.250. The van der Waals surface area contributed by atoms with E-state index in [1.165, 1.54) is 0 Å². The molecule has 1 rings (SSSR count). The van der Waals surface area contributed by atoms with Gasteiger partial charge in [0.05, 0.1) is 0 Å². The Morgan fingerprint density at radius 2 is 2.17 bits per heavy atom. The van der Waals surface area contributed by atoms with Crippen LogP contribution in [0.1, 0.15) is 24.0 Å². The van der Waals surface area contributed by atoms with E-state index in [4.69, 9.17) is 11.1 Å². The van der Waals surface area contributed by atoms with Gasteiger partial charge in [0.15, 0.2) is 0 Å². The number of aldehydes is 1. The monoisotopic (exact) mass is 269 g/mol. The van der Waals surface area contributed by atoms with Gasteiger partial charge in [-0.25, -0.2) is 0 Å². The molecule has 6 heteroatoms. The minimum Gasteiger partial charge on any atom is -0.384 e. The number of halogens is 1. The van der Waals surface area contributed by atoms with Crippen molar-refractivity contribution in [3.8, 4) is 0 Å². The number of amidine groups is 1. The lowest BCUT2D eigenvalue weighted by atomic mass is 10.1. The number of nitrogens with two attached hydrogens (primary N) is 1. The van der Waals surface area contributed by atoms with Crippen molar-refractivity contribution in [3.63, 3.8) is 0 Å². The molecule has 1 aromatic rings. The normalized spacial score (nSPS) is 9.17. The maximum atomic E-state index is 11.4. The summed E-state index contributed by atoms with van der Waals surface area (Å²) in [6.07, 6.45) is 1.11. The van der Waals surface area contributed by atoms with Crippen LogP contribution in [-0.2, 0) is 9.59 Å². The fourth-order valence-corrected chi connectivity index (χ4v) is 1.37. The van der Waals surface area contributed by atoms with E-state index >= 15 is 0 Å². The molecule has 4 N–H and O–H groups in total. The zero-order valence-corrected chi connectivity index (χ0v) is 10.8. The molecule has 1 amide bonds. The SMILES string of the molecule is Cc1cc(C(=N)N)ccc1NC(=O)CCC=O.Cl. The van der Waals surface area contributed by atoms with Crippen LogP contribution in [0.25, 0.3) is 0 Å². The number of nitrogen functional groups attached to an aromatic ring is 1. The molecule has 0 aliphatic carbocycles. The number of hydrogen-bond donors (Lipinski definition) is 3. The summed E-state index contributed by atoms with van der Waals surface area (Å²) in [4.78, 5) is 21.5. The molecule has 0 aliphatic heterocycles. The second kappa shape index (κ2) is 7.45. The molecule has 0 saturated carbocycles. The molecule has 0 aliphatic rings. The number of carbonyl (C=O) groups is 2. The second-order valence-electron chi connectivity index (χ2n) is 3.70. The first kappa shape index (κ1) is 16.1. The lowest BCUT2D eigenvalue weighted by Gasteiger charge is -2.09. The molecule has 0 saturated heterocycles. The minimum absolute atomic E-state index is 0. The minimum atomic E-state index is -0.198. The molecule has 98 valence electrons. The maximum absolute atomic E-state index is 11.4. The third-order valence-corrected chi connectivity index (χ3v) is 2.30. The van der Waals surface area contributed by atoms with Crippen LogP contribution in [0.4, 0.5) is 5.69 Å². The summed E-state index contributed by atoms with van der Waals surface area (Å²) in [5.41, 5.74) is 7.48. The molecule has 0 heterocycles. The van der Waals surface area contributed by atoms with Crippen LogP contribution in [0, 0.1) is 12.3 Å². The van der Waals surface area contributed by atoms with Gasteiger partial charge in [-0.05, 0) is 30.7 Å². The van der Waals surface area contributed by atoms with Crippen molar-refractivity contribution in [2.75, 3.05) is 5.32 Å². The van der Waals surface area contributed by atoms with Crippen molar-refractivity contribution in [1.29, 1.82) is 5.41 Å². The van der Waals surface area contributed by atoms with Crippen molar-refractivity contribution >= 4 is 36.1 Å². The summed E-state index contributed by atoms with van der Waals surface area (Å²) >= 11 is 0. The smallest absolute Gasteiger partial charge is 0.224 e. The zero-order valence-electron chi connectivity index (χ0n) is 10.0. The Labute approximate surface area is 112 Å². The van der Waals surface area contributed by atoms with Crippen molar-refractivity contribution in [3.05, 3.63) is 29.3 Å². The standard InChI is InChI=1S/C12H15N3O2.ClH/c1-8-7-9(12(13)14)4-5-10(8)15-11(17)3-2-6-16;/h4-7H,2-3H2,1H3,(H3,13,14)(H,15,17);1H. The van der Waals surface area contributed by atoms with Gasteiger partial charge in [0, 0.05) is 24.1 Å². The molecule has 0 aromatic heterocycles. The van der Waals surface area contributed by atoms with Gasteiger partial charge in [0.25, 0.3) is 0 Å². The quantitative estimate of drug-likeness (QED) is 0.430. The predicted molar refractivity (Wildman–Crippen MR) is 73.4 cm³/mol. The maximum Gasteiger partial charge on any atom is 0.224 e. The Bertz CT molecular complexity index is 461. The number of benzene rings is 1. The summed E-state index contributed by atoms with van der Waals surface area (Å²) in [6, 6.07) is 5.10. The summed E-state index contributed by atoms with van der Waals surface area (Å²) < 4.78 is 0. The van der Waals surface area contributed by atoms with E-state index in [0.717, 1.165) is 5.56 Å². The first-order valence-corrected chi connectivity index (χ1v) is 5.23. The lowest BCUT2D eigenvalue weighted by molar-refractivity contribution is -0.118. The van der Waals surface area contributed by atoms with E-state index in [-0.39, 0.29) is 37.0 Å². The predicted octanol–water partition coefficient (Wildman–Crippen LogP) is 1.62. The lowest BCUT2D eigenvalue weighted by Crippen LogP contribution is -2.14. The molecule has 0 atom stereocenters. The van der Waals surface area contributed by atoms with Crippen LogP contribution in [-0.4, -0.2) is 18.0 Å². The van der Waals surface area contributed by atoms with E-state index in [9.17, 15) is 9.59 Å². The molecule has 5 nitrogen and oxygen atoms in total. The van der Waals surface area contributed by atoms with E-state index in [2.05, 4.69) is 5.32 Å². The third kappa shape index (κ3) is 4.55. The van der Waals surface area contributed by atoms with Gasteiger partial charge >= 0.3 is 0 Å². The van der Waals surface area contributed by atoms with Gasteiger partial charge in [-0.15, -0.1) is 12.4 Å². The summed E-state index contributed by atoms with van der Waals surface area (Å²) in [5, 5.41) is 9.99. The molecule has 18 heavy (non-hydrogen) atoms. The second-order valence-corrected chi connectivity index (χ2v) is 3.70. The van der Waals surface area contributed by atoms with E-state index in [0.29, 0.717) is 17.5 Å². The van der Waals surface area contributed by atoms with Gasteiger partial charge in [-0.2, -0.15) is 0 Å². The van der Waals surface area contributed by atoms with Gasteiger partial charge in [-0.1, -0.05) is 0 Å². The van der Waals surface area contributed by atoms with E-state index < -0.39 is 0 Å². The molecular formula is C12H16ClN3O2. The number of carbonyl (C=O) groups excluding carboxylic acids is 2. The Morgan fingerprint density at radius 3 is 2.67 bits per heavy atom. The van der Waals surface area contributed by atoms with E-state index in [1.807, 2.05) is 6.92 Å². The Kier molecular flexibility index (Phi) is 6.67. The topological polar surface area (TPSA) is 96.0 Å². The Hall–Kier alpha value is -1.88. The van der Waals surface area contributed by atoms with Gasteiger partial charge in [0.2, 0.25) is 5.91 Å². The number of rotatable bonds is 5. The highest BCUT2D eigenvalue weighted by atomic mass is 35.5. The van der Waals surface area contributed by atoms with Crippen molar-refractivity contribution in [2.45, 2.75) is 19.8 Å². The van der Waals surface area contributed by atoms with Crippen LogP contribution in [0.15, 0.2) is 18.2 Å². The van der Waals surface area contributed by atoms with Crippen LogP contribution < -0.4 is 11.1 Å². The average Bonchev–Trinajstić information content (AvgIpc) is 2.28. The first-order valence-electron chi connectivity index (χ1n) is 5.23. The summed E-state index contributed by atoms with van der Waals surface area (Å²) in [5.74, 6) is -0.206. The van der Waals surface area contributed by atoms with Crippen LogP contribution >= 0.6 is 12.4 Å². The molecule has 0 fully saturated rings. The van der Waals surface area contributed by atoms with Crippen LogP contribution in [0.2, 0.25) is 0 Å². The summed E-state index contributed by atoms with van der Waals surface area (Å²) in [6.45, 7) is 1.82. The van der Waals surface area contributed by atoms with Gasteiger partial charge in [0.1, 0.15) is 12.1 Å². The zero-order chi connectivity index (χ0) is 12.8. The van der Waals surface area contributed by atoms with Gasteiger partial charge in [-0.3, -0.25) is 10.2 Å². The highest BCUT2D eigenvalue weighted by molar-refractivity contribution is 5.97.